The summed E-state index contributed by atoms with van der Waals surface area (Å²) in [7, 11) is 0. The Morgan fingerprint density at radius 2 is 0.773 bits per heavy atom. The Labute approximate surface area is 396 Å². The summed E-state index contributed by atoms with van der Waals surface area (Å²) in [5, 5.41) is 12.1. The van der Waals surface area contributed by atoms with Gasteiger partial charge in [0.1, 0.15) is 11.5 Å². The lowest BCUT2D eigenvalue weighted by molar-refractivity contribution is -0.142. The average Bonchev–Trinajstić information content (AvgIpc) is 3.45. The van der Waals surface area contributed by atoms with Crippen molar-refractivity contribution >= 4 is 34.6 Å². The molecular weight excluding hydrogens is 831 g/mol. The average molecular weight is 916 g/mol. The van der Waals surface area contributed by atoms with Crippen molar-refractivity contribution in [2.45, 2.75) is 227 Å². The van der Waals surface area contributed by atoms with Gasteiger partial charge in [0.25, 0.3) is 0 Å². The molecule has 66 heavy (non-hydrogen) atoms. The Bertz CT molecular complexity index is 2160. The van der Waals surface area contributed by atoms with Crippen LogP contribution in [-0.4, -0.2) is 57.1 Å². The molecule has 3 saturated heterocycles. The van der Waals surface area contributed by atoms with Gasteiger partial charge in [-0.3, -0.25) is 19.2 Å². The topological polar surface area (TPSA) is 141 Å². The summed E-state index contributed by atoms with van der Waals surface area (Å²) in [4.78, 5) is 57.4. The van der Waals surface area contributed by atoms with Crippen molar-refractivity contribution in [3.8, 4) is 23.0 Å². The summed E-state index contributed by atoms with van der Waals surface area (Å²) < 4.78 is 25.4. The molecule has 11 nitrogen and oxygen atoms in total. The number of nitrogens with one attached hydrogen (secondary N) is 3. The van der Waals surface area contributed by atoms with Gasteiger partial charge in [0.05, 0.1) is 23.7 Å². The van der Waals surface area contributed by atoms with Crippen molar-refractivity contribution in [2.75, 3.05) is 0 Å². The zero-order valence-electron chi connectivity index (χ0n) is 43.6. The van der Waals surface area contributed by atoms with E-state index in [1.54, 1.807) is 24.3 Å². The number of ether oxygens (including phenoxy) is 4. The number of fused-ring (bicyclic) bond motifs is 1. The standard InChI is InChI=1S/C55H85N3O8/c1-48(2)21-17-34(29-49(3,4)33-48)45(60)64-41-27-39(63-44(59)35-18-22-50(5,6)56-53(11,12)30-35)25-38-26-42(65-46(61)36-19-23-51(7,8)57-54(13,14)31-36)43(28-40(38)41)66-47(62)37-20-24-52(9,10)58-55(15,16)32-37/h25-28,34-37,56-58H,17-24,29-33H2,1-16H3. The zero-order valence-corrected chi connectivity index (χ0v) is 43.6. The maximum Gasteiger partial charge on any atom is 0.314 e. The molecule has 1 saturated carbocycles. The van der Waals surface area contributed by atoms with E-state index >= 15 is 0 Å². The van der Waals surface area contributed by atoms with Crippen molar-refractivity contribution in [3.05, 3.63) is 24.3 Å². The summed E-state index contributed by atoms with van der Waals surface area (Å²) >= 11 is 0. The van der Waals surface area contributed by atoms with Gasteiger partial charge in [-0.1, -0.05) is 27.7 Å². The van der Waals surface area contributed by atoms with Gasteiger partial charge < -0.3 is 34.9 Å². The van der Waals surface area contributed by atoms with Gasteiger partial charge in [-0.05, 0) is 201 Å². The smallest absolute Gasteiger partial charge is 0.314 e. The predicted molar refractivity (Wildman–Crippen MR) is 262 cm³/mol. The van der Waals surface area contributed by atoms with E-state index < -0.39 is 23.8 Å². The first-order valence-corrected chi connectivity index (χ1v) is 25.0. The zero-order chi connectivity index (χ0) is 49.1. The molecule has 0 radical (unpaired) electrons. The molecule has 4 aliphatic rings. The molecule has 2 aromatic rings. The van der Waals surface area contributed by atoms with Crippen LogP contribution in [-0.2, 0) is 19.2 Å². The second-order valence-electron chi connectivity index (χ2n) is 26.6. The monoisotopic (exact) mass is 916 g/mol. The molecule has 11 heteroatoms. The molecule has 0 spiro atoms. The third kappa shape index (κ3) is 13.8. The molecule has 2 aromatic carbocycles. The molecule has 0 amide bonds. The molecule has 3 N–H and O–H groups in total. The van der Waals surface area contributed by atoms with Gasteiger partial charge in [-0.15, -0.1) is 0 Å². The van der Waals surface area contributed by atoms with E-state index in [4.69, 9.17) is 18.9 Å². The number of carbonyl (C=O) groups is 4. The molecule has 3 heterocycles. The maximum absolute atomic E-state index is 14.4. The molecule has 3 aliphatic heterocycles. The van der Waals surface area contributed by atoms with Gasteiger partial charge in [0.2, 0.25) is 0 Å². The van der Waals surface area contributed by atoms with Gasteiger partial charge in [0, 0.05) is 44.7 Å². The molecular formula is C55H85N3O8. The highest BCUT2D eigenvalue weighted by atomic mass is 16.6. The second kappa shape index (κ2) is 18.4. The fraction of sp³-hybridized carbons (Fsp3) is 0.745. The maximum atomic E-state index is 14.4. The summed E-state index contributed by atoms with van der Waals surface area (Å²) in [5.74, 6) is -2.60. The van der Waals surface area contributed by atoms with E-state index in [1.807, 2.05) is 0 Å². The van der Waals surface area contributed by atoms with E-state index in [9.17, 15) is 19.2 Å². The Hall–Kier alpha value is -3.54. The van der Waals surface area contributed by atoms with E-state index in [2.05, 4.69) is 127 Å². The fourth-order valence-corrected chi connectivity index (χ4v) is 12.8. The van der Waals surface area contributed by atoms with Crippen molar-refractivity contribution in [2.24, 2.45) is 34.5 Å². The van der Waals surface area contributed by atoms with Crippen LogP contribution in [0.2, 0.25) is 0 Å². The molecule has 4 fully saturated rings. The molecule has 6 rings (SSSR count). The van der Waals surface area contributed by atoms with Crippen molar-refractivity contribution < 1.29 is 38.1 Å². The summed E-state index contributed by atoms with van der Waals surface area (Å²) in [6, 6.07) is 6.64. The Kier molecular flexibility index (Phi) is 14.5. The Morgan fingerprint density at radius 1 is 0.409 bits per heavy atom. The Balaban J connectivity index is 1.44. The lowest BCUT2D eigenvalue weighted by atomic mass is 9.74. The van der Waals surface area contributed by atoms with Gasteiger partial charge in [-0.25, -0.2) is 0 Å². The van der Waals surface area contributed by atoms with E-state index in [1.165, 1.54) is 0 Å². The van der Waals surface area contributed by atoms with Crippen molar-refractivity contribution in [1.82, 2.24) is 16.0 Å². The third-order valence-corrected chi connectivity index (χ3v) is 14.7. The first-order valence-electron chi connectivity index (χ1n) is 25.0. The van der Waals surface area contributed by atoms with Gasteiger partial charge in [-0.2, -0.15) is 0 Å². The third-order valence-electron chi connectivity index (χ3n) is 14.7. The molecule has 0 aromatic heterocycles. The number of hydrogen-bond donors (Lipinski definition) is 3. The molecule has 0 bridgehead atoms. The second-order valence-corrected chi connectivity index (χ2v) is 26.6. The SMILES string of the molecule is CC1(C)CCC(C(=O)Oc2cc(OC(=O)C3CCC(C)(C)NC(C)(C)C3)cc3cc(OC(=O)C4CCC(C)(C)NC(C)(C)C4)c(OC(=O)C4CCC(C)(C)NC(C)(C)C4)cc23)CC(C)(C)C1. The van der Waals surface area contributed by atoms with E-state index in [0.29, 0.717) is 62.1 Å². The number of carbonyl (C=O) groups excluding carboxylic acids is 4. The van der Waals surface area contributed by atoms with Crippen LogP contribution in [0.1, 0.15) is 194 Å². The van der Waals surface area contributed by atoms with Crippen LogP contribution in [0.4, 0.5) is 0 Å². The molecule has 4 unspecified atom stereocenters. The molecule has 4 atom stereocenters. The van der Waals surface area contributed by atoms with Crippen LogP contribution in [0.25, 0.3) is 10.8 Å². The highest BCUT2D eigenvalue weighted by molar-refractivity contribution is 5.96. The molecule has 1 aliphatic carbocycles. The first-order chi connectivity index (χ1) is 30.1. The van der Waals surface area contributed by atoms with E-state index in [-0.39, 0.29) is 90.8 Å². The van der Waals surface area contributed by atoms with Crippen LogP contribution >= 0.6 is 0 Å². The summed E-state index contributed by atoms with van der Waals surface area (Å²) in [5.41, 5.74) is -1.52. The lowest BCUT2D eigenvalue weighted by Crippen LogP contribution is -2.50. The fourth-order valence-electron chi connectivity index (χ4n) is 12.8. The number of rotatable bonds is 8. The van der Waals surface area contributed by atoms with Crippen molar-refractivity contribution in [3.63, 3.8) is 0 Å². The van der Waals surface area contributed by atoms with Crippen LogP contribution in [0, 0.1) is 34.5 Å². The predicted octanol–water partition coefficient (Wildman–Crippen LogP) is 11.5. The molecule has 368 valence electrons. The number of hydrogen-bond acceptors (Lipinski definition) is 11. The lowest BCUT2D eigenvalue weighted by Gasteiger charge is -2.34. The minimum Gasteiger partial charge on any atom is -0.426 e. The first kappa shape index (κ1) is 51.8. The number of esters is 4. The van der Waals surface area contributed by atoms with Gasteiger partial charge in [0.15, 0.2) is 11.5 Å². The summed E-state index contributed by atoms with van der Waals surface area (Å²) in [6.45, 7) is 34.5. The Morgan fingerprint density at radius 3 is 1.21 bits per heavy atom. The highest BCUT2D eigenvalue weighted by Crippen LogP contribution is 2.47. The normalized spacial score (nSPS) is 28.5. The largest absolute Gasteiger partial charge is 0.426 e. The van der Waals surface area contributed by atoms with Crippen LogP contribution in [0.15, 0.2) is 24.3 Å². The van der Waals surface area contributed by atoms with Crippen molar-refractivity contribution in [1.29, 1.82) is 0 Å². The quantitative estimate of drug-likeness (QED) is 0.132. The summed E-state index contributed by atoms with van der Waals surface area (Å²) in [6.07, 6.45) is 9.10. The van der Waals surface area contributed by atoms with E-state index in [0.717, 1.165) is 32.1 Å². The highest BCUT2D eigenvalue weighted by Gasteiger charge is 2.42. The van der Waals surface area contributed by atoms with Crippen LogP contribution < -0.4 is 34.9 Å². The van der Waals surface area contributed by atoms with Gasteiger partial charge >= 0.3 is 23.9 Å². The minimum absolute atomic E-state index is 0.0663. The minimum atomic E-state index is -0.429. The van der Waals surface area contributed by atoms with Crippen LogP contribution in [0.3, 0.4) is 0 Å². The number of benzene rings is 2. The van der Waals surface area contributed by atoms with Crippen LogP contribution in [0.5, 0.6) is 23.0 Å².